The molecule has 8 atom stereocenters. The van der Waals surface area contributed by atoms with Gasteiger partial charge in [0.25, 0.3) is 0 Å². The zero-order chi connectivity index (χ0) is 20.9. The number of aliphatic hydroxyl groups is 1. The lowest BCUT2D eigenvalue weighted by Crippen LogP contribution is -2.51. The molecule has 3 heteroatoms. The lowest BCUT2D eigenvalue weighted by molar-refractivity contribution is -0.0591. The van der Waals surface area contributed by atoms with Gasteiger partial charge in [0.1, 0.15) is 5.75 Å². The second-order valence-electron chi connectivity index (χ2n) is 11.4. The zero-order valence-electron chi connectivity index (χ0n) is 19.0. The van der Waals surface area contributed by atoms with Gasteiger partial charge in [-0.25, -0.2) is 0 Å². The number of pyridine rings is 1. The maximum atomic E-state index is 10.2. The van der Waals surface area contributed by atoms with Crippen LogP contribution in [0.3, 0.4) is 0 Å². The smallest absolute Gasteiger partial charge is 0.122 e. The van der Waals surface area contributed by atoms with E-state index in [1.807, 2.05) is 24.5 Å². The van der Waals surface area contributed by atoms with Crippen LogP contribution in [0.15, 0.2) is 36.2 Å². The highest BCUT2D eigenvalue weighted by Crippen LogP contribution is 2.67. The highest BCUT2D eigenvalue weighted by Gasteiger charge is 2.59. The molecule has 0 spiro atoms. The van der Waals surface area contributed by atoms with Gasteiger partial charge in [0.15, 0.2) is 0 Å². The van der Waals surface area contributed by atoms with Crippen molar-refractivity contribution in [3.63, 3.8) is 0 Å². The van der Waals surface area contributed by atoms with Gasteiger partial charge in [-0.2, -0.15) is 0 Å². The van der Waals surface area contributed by atoms with Gasteiger partial charge < -0.3 is 9.84 Å². The number of fused-ring (bicyclic) bond motifs is 5. The highest BCUT2D eigenvalue weighted by molar-refractivity contribution is 5.25. The number of hydrogen-bond donors (Lipinski definition) is 1. The number of aromatic nitrogens is 1. The molecule has 1 N–H and O–H groups in total. The molecule has 0 aliphatic heterocycles. The first-order valence-electron chi connectivity index (χ1n) is 12.3. The third-order valence-corrected chi connectivity index (χ3v) is 10.0. The molecular weight excluding hydrogens is 370 g/mol. The minimum absolute atomic E-state index is 0.105. The first-order chi connectivity index (χ1) is 14.4. The molecule has 1 aromatic rings. The van der Waals surface area contributed by atoms with Crippen LogP contribution >= 0.6 is 0 Å². The van der Waals surface area contributed by atoms with E-state index in [2.05, 4.69) is 31.8 Å². The van der Waals surface area contributed by atoms with Crippen molar-refractivity contribution in [2.24, 2.45) is 40.4 Å². The summed E-state index contributed by atoms with van der Waals surface area (Å²) in [6, 6.07) is 3.93. The Labute approximate surface area is 182 Å². The second-order valence-corrected chi connectivity index (χ2v) is 11.4. The van der Waals surface area contributed by atoms with Crippen LogP contribution in [0.4, 0.5) is 0 Å². The summed E-state index contributed by atoms with van der Waals surface area (Å²) in [7, 11) is 0. The van der Waals surface area contributed by atoms with Gasteiger partial charge in [-0.15, -0.1) is 0 Å². The minimum atomic E-state index is -0.105. The molecule has 164 valence electrons. The van der Waals surface area contributed by atoms with Crippen molar-refractivity contribution < 1.29 is 9.84 Å². The van der Waals surface area contributed by atoms with Crippen LogP contribution < -0.4 is 4.74 Å². The number of allylic oxidation sites excluding steroid dienone is 1. The van der Waals surface area contributed by atoms with Crippen LogP contribution in [0.1, 0.15) is 72.1 Å². The Morgan fingerprint density at radius 1 is 1.10 bits per heavy atom. The van der Waals surface area contributed by atoms with Crippen molar-refractivity contribution in [2.45, 2.75) is 78.2 Å². The molecule has 30 heavy (non-hydrogen) atoms. The third kappa shape index (κ3) is 3.23. The fraction of sp³-hybridized carbons (Fsp3) is 0.741. The monoisotopic (exact) mass is 409 g/mol. The minimum Gasteiger partial charge on any atom is -0.493 e. The molecule has 0 radical (unpaired) electrons. The molecule has 1 heterocycles. The summed E-state index contributed by atoms with van der Waals surface area (Å²) in [6.45, 7) is 8.36. The molecule has 1 aromatic heterocycles. The largest absolute Gasteiger partial charge is 0.493 e. The summed E-state index contributed by atoms with van der Waals surface area (Å²) in [5.41, 5.74) is 2.38. The fourth-order valence-corrected chi connectivity index (χ4v) is 8.40. The standard InChI is InChI=1S/C27H39NO2/c1-18(17-30-21-10-14-28-15-11-21)23-6-7-24-22-5-4-19-16-20(29)8-12-26(19,2)25(22)9-13-27(23,24)3/h4,10-11,14-15,18,20,22-25,29H,5-9,12-13,16-17H2,1-3H3/t18-,20?,22+,23-,24+,25+,26+,27-/m1/s1. The summed E-state index contributed by atoms with van der Waals surface area (Å²) in [5.74, 6) is 4.80. The van der Waals surface area contributed by atoms with Crippen molar-refractivity contribution in [3.05, 3.63) is 36.2 Å². The quantitative estimate of drug-likeness (QED) is 0.617. The maximum absolute atomic E-state index is 10.2. The van der Waals surface area contributed by atoms with E-state index in [4.69, 9.17) is 4.74 Å². The Morgan fingerprint density at radius 3 is 2.70 bits per heavy atom. The van der Waals surface area contributed by atoms with Gasteiger partial charge >= 0.3 is 0 Å². The van der Waals surface area contributed by atoms with E-state index in [0.717, 1.165) is 48.9 Å². The summed E-state index contributed by atoms with van der Waals surface area (Å²) in [6.07, 6.45) is 15.9. The highest BCUT2D eigenvalue weighted by atomic mass is 16.5. The van der Waals surface area contributed by atoms with E-state index in [0.29, 0.717) is 16.7 Å². The third-order valence-electron chi connectivity index (χ3n) is 10.0. The van der Waals surface area contributed by atoms with Gasteiger partial charge in [0.05, 0.1) is 12.7 Å². The van der Waals surface area contributed by atoms with Crippen LogP contribution in [0.2, 0.25) is 0 Å². The first kappa shape index (κ1) is 20.5. The molecular formula is C27H39NO2. The SMILES string of the molecule is C[C@H](COc1ccncc1)[C@H]1CC[C@H]2[C@@H]3CC=C4CC(O)CC[C@]4(C)[C@H]3CC[C@]12C. The Hall–Kier alpha value is -1.35. The molecule has 3 nitrogen and oxygen atoms in total. The number of rotatable bonds is 4. The van der Waals surface area contributed by atoms with E-state index in [1.165, 1.54) is 38.5 Å². The topological polar surface area (TPSA) is 42.4 Å². The molecule has 4 aliphatic carbocycles. The first-order valence-corrected chi connectivity index (χ1v) is 12.3. The number of ether oxygens (including phenoxy) is 1. The Kier molecular flexibility index (Phi) is 5.24. The average Bonchev–Trinajstić information content (AvgIpc) is 3.10. The van der Waals surface area contributed by atoms with E-state index in [-0.39, 0.29) is 6.10 Å². The molecule has 0 bridgehead atoms. The number of nitrogens with zero attached hydrogens (tertiary/aromatic N) is 1. The Morgan fingerprint density at radius 2 is 1.90 bits per heavy atom. The summed E-state index contributed by atoms with van der Waals surface area (Å²) < 4.78 is 6.14. The van der Waals surface area contributed by atoms with Crippen molar-refractivity contribution >= 4 is 0 Å². The van der Waals surface area contributed by atoms with E-state index in [9.17, 15) is 5.11 Å². The molecule has 0 saturated heterocycles. The molecule has 1 unspecified atom stereocenters. The molecule has 5 rings (SSSR count). The van der Waals surface area contributed by atoms with Gasteiger partial charge in [-0.1, -0.05) is 32.4 Å². The van der Waals surface area contributed by atoms with Crippen molar-refractivity contribution in [1.82, 2.24) is 4.98 Å². The number of hydrogen-bond acceptors (Lipinski definition) is 3. The fourth-order valence-electron chi connectivity index (χ4n) is 8.40. The van der Waals surface area contributed by atoms with Crippen molar-refractivity contribution in [1.29, 1.82) is 0 Å². The van der Waals surface area contributed by atoms with Crippen molar-refractivity contribution in [2.75, 3.05) is 6.61 Å². The maximum Gasteiger partial charge on any atom is 0.122 e. The van der Waals surface area contributed by atoms with E-state index < -0.39 is 0 Å². The van der Waals surface area contributed by atoms with Gasteiger partial charge in [-0.3, -0.25) is 4.98 Å². The molecule has 3 saturated carbocycles. The molecule has 0 aromatic carbocycles. The second kappa shape index (κ2) is 7.65. The lowest BCUT2D eigenvalue weighted by atomic mass is 9.47. The Bertz CT molecular complexity index is 791. The lowest BCUT2D eigenvalue weighted by Gasteiger charge is -2.58. The normalized spacial score (nSPS) is 43.7. The Balaban J connectivity index is 1.31. The van der Waals surface area contributed by atoms with Crippen LogP contribution in [0.25, 0.3) is 0 Å². The van der Waals surface area contributed by atoms with Crippen LogP contribution in [0, 0.1) is 40.4 Å². The van der Waals surface area contributed by atoms with Crippen LogP contribution in [-0.4, -0.2) is 22.8 Å². The van der Waals surface area contributed by atoms with E-state index >= 15 is 0 Å². The van der Waals surface area contributed by atoms with Gasteiger partial charge in [0.2, 0.25) is 0 Å². The van der Waals surface area contributed by atoms with Gasteiger partial charge in [-0.05, 0) is 104 Å². The van der Waals surface area contributed by atoms with E-state index in [1.54, 1.807) is 5.57 Å². The predicted molar refractivity (Wildman–Crippen MR) is 120 cm³/mol. The summed E-state index contributed by atoms with van der Waals surface area (Å²) in [5, 5.41) is 10.2. The number of aliphatic hydroxyl groups excluding tert-OH is 1. The summed E-state index contributed by atoms with van der Waals surface area (Å²) in [4.78, 5) is 4.09. The molecule has 3 fully saturated rings. The van der Waals surface area contributed by atoms with Gasteiger partial charge in [0, 0.05) is 12.4 Å². The van der Waals surface area contributed by atoms with Crippen LogP contribution in [0.5, 0.6) is 5.75 Å². The van der Waals surface area contributed by atoms with Crippen LogP contribution in [-0.2, 0) is 0 Å². The molecule has 4 aliphatic rings. The average molecular weight is 410 g/mol. The predicted octanol–water partition coefficient (Wildman–Crippen LogP) is 6.04. The zero-order valence-corrected chi connectivity index (χ0v) is 19.0. The van der Waals surface area contributed by atoms with Crippen molar-refractivity contribution in [3.8, 4) is 5.75 Å². The molecule has 0 amide bonds. The summed E-state index contributed by atoms with van der Waals surface area (Å²) >= 11 is 0.